The molecule has 5 rings (SSSR count). The second-order valence-corrected chi connectivity index (χ2v) is 9.17. The Morgan fingerprint density at radius 2 is 1.49 bits per heavy atom. The lowest BCUT2D eigenvalue weighted by atomic mass is 9.88. The molecule has 3 aromatic carbocycles. The van der Waals surface area contributed by atoms with Gasteiger partial charge in [-0.15, -0.1) is 5.10 Å². The van der Waals surface area contributed by atoms with Gasteiger partial charge in [0.25, 0.3) is 0 Å². The van der Waals surface area contributed by atoms with Crippen molar-refractivity contribution in [3.05, 3.63) is 102 Å². The first-order valence-electron chi connectivity index (χ1n) is 12.8. The molecule has 1 aliphatic rings. The minimum absolute atomic E-state index is 0.0478. The van der Waals surface area contributed by atoms with Crippen molar-refractivity contribution in [2.75, 3.05) is 32.8 Å². The van der Waals surface area contributed by atoms with Gasteiger partial charge in [-0.2, -0.15) is 4.68 Å². The number of piperazine rings is 1. The third-order valence-corrected chi connectivity index (χ3v) is 6.80. The molecule has 1 fully saturated rings. The predicted molar refractivity (Wildman–Crippen MR) is 142 cm³/mol. The SMILES string of the molecule is CCOc1ccc(-n2nnnc2CN2CCN(C(=O)CC(c3ccccc3)c3ccccc3)CC2)cc1. The Morgan fingerprint density at radius 3 is 2.08 bits per heavy atom. The number of ether oxygens (including phenoxy) is 1. The molecule has 0 unspecified atom stereocenters. The third-order valence-electron chi connectivity index (χ3n) is 6.80. The number of aromatic nitrogens is 4. The number of rotatable bonds is 9. The van der Waals surface area contributed by atoms with Gasteiger partial charge in [-0.1, -0.05) is 60.7 Å². The Balaban J connectivity index is 1.19. The summed E-state index contributed by atoms with van der Waals surface area (Å²) in [6.07, 6.45) is 0.462. The monoisotopic (exact) mass is 496 g/mol. The summed E-state index contributed by atoms with van der Waals surface area (Å²) < 4.78 is 7.29. The Bertz CT molecular complexity index is 1230. The highest BCUT2D eigenvalue weighted by atomic mass is 16.5. The second kappa shape index (κ2) is 11.8. The molecule has 0 bridgehead atoms. The van der Waals surface area contributed by atoms with Crippen molar-refractivity contribution in [3.8, 4) is 11.4 Å². The Hall–Kier alpha value is -4.04. The van der Waals surface area contributed by atoms with Crippen LogP contribution in [0.3, 0.4) is 0 Å². The molecule has 0 atom stereocenters. The standard InChI is InChI=1S/C29H32N6O2/c1-2-37-26-15-13-25(14-16-26)35-28(30-31-32-35)22-33-17-19-34(20-18-33)29(36)21-27(23-9-5-3-6-10-23)24-11-7-4-8-12-24/h3-16,27H,2,17-22H2,1H3. The van der Waals surface area contributed by atoms with Crippen molar-refractivity contribution < 1.29 is 9.53 Å². The molecule has 0 saturated carbocycles. The lowest BCUT2D eigenvalue weighted by Crippen LogP contribution is -2.48. The van der Waals surface area contributed by atoms with Crippen LogP contribution >= 0.6 is 0 Å². The van der Waals surface area contributed by atoms with E-state index in [1.807, 2.05) is 72.5 Å². The first kappa shape index (κ1) is 24.6. The fourth-order valence-corrected chi connectivity index (χ4v) is 4.81. The highest BCUT2D eigenvalue weighted by Gasteiger charge is 2.26. The summed E-state index contributed by atoms with van der Waals surface area (Å²) in [5.74, 6) is 1.84. The number of hydrogen-bond donors (Lipinski definition) is 0. The van der Waals surface area contributed by atoms with Gasteiger partial charge >= 0.3 is 0 Å². The average Bonchev–Trinajstić information content (AvgIpc) is 3.41. The normalized spacial score (nSPS) is 14.2. The van der Waals surface area contributed by atoms with Gasteiger partial charge in [0.05, 0.1) is 18.8 Å². The molecule has 1 amide bonds. The number of nitrogens with zero attached hydrogens (tertiary/aromatic N) is 6. The lowest BCUT2D eigenvalue weighted by Gasteiger charge is -2.35. The van der Waals surface area contributed by atoms with E-state index in [2.05, 4.69) is 44.7 Å². The van der Waals surface area contributed by atoms with Gasteiger partial charge in [-0.25, -0.2) is 0 Å². The lowest BCUT2D eigenvalue weighted by molar-refractivity contribution is -0.133. The smallest absolute Gasteiger partial charge is 0.223 e. The Kier molecular flexibility index (Phi) is 7.86. The van der Waals surface area contributed by atoms with E-state index in [9.17, 15) is 4.79 Å². The molecular weight excluding hydrogens is 464 g/mol. The molecule has 1 aliphatic heterocycles. The topological polar surface area (TPSA) is 76.4 Å². The molecule has 2 heterocycles. The maximum Gasteiger partial charge on any atom is 0.223 e. The summed E-state index contributed by atoms with van der Waals surface area (Å²) in [7, 11) is 0. The van der Waals surface area contributed by atoms with Crippen LogP contribution in [0.4, 0.5) is 0 Å². The van der Waals surface area contributed by atoms with Crippen LogP contribution in [-0.2, 0) is 11.3 Å². The van der Waals surface area contributed by atoms with Crippen LogP contribution in [0.2, 0.25) is 0 Å². The van der Waals surface area contributed by atoms with Crippen LogP contribution in [-0.4, -0.2) is 68.7 Å². The zero-order valence-corrected chi connectivity index (χ0v) is 21.1. The zero-order valence-electron chi connectivity index (χ0n) is 21.1. The van der Waals surface area contributed by atoms with Crippen molar-refractivity contribution in [1.29, 1.82) is 0 Å². The number of carbonyl (C=O) groups is 1. The molecule has 0 radical (unpaired) electrons. The minimum atomic E-state index is 0.0478. The summed E-state index contributed by atoms with van der Waals surface area (Å²) >= 11 is 0. The largest absolute Gasteiger partial charge is 0.494 e. The van der Waals surface area contributed by atoms with Crippen LogP contribution in [0.25, 0.3) is 5.69 Å². The van der Waals surface area contributed by atoms with Crippen LogP contribution in [0.5, 0.6) is 5.75 Å². The number of benzene rings is 3. The van der Waals surface area contributed by atoms with Crippen LogP contribution in [0.1, 0.15) is 36.2 Å². The van der Waals surface area contributed by atoms with Gasteiger partial charge in [-0.3, -0.25) is 9.69 Å². The highest BCUT2D eigenvalue weighted by Crippen LogP contribution is 2.29. The molecule has 0 spiro atoms. The van der Waals surface area contributed by atoms with Crippen molar-refractivity contribution in [1.82, 2.24) is 30.0 Å². The number of tetrazole rings is 1. The van der Waals surface area contributed by atoms with Gasteiger partial charge < -0.3 is 9.64 Å². The highest BCUT2D eigenvalue weighted by molar-refractivity contribution is 5.78. The summed E-state index contributed by atoms with van der Waals surface area (Å²) in [4.78, 5) is 17.6. The molecule has 4 aromatic rings. The Labute approximate surface area is 217 Å². The van der Waals surface area contributed by atoms with Crippen molar-refractivity contribution >= 4 is 5.91 Å². The van der Waals surface area contributed by atoms with Crippen LogP contribution in [0, 0.1) is 0 Å². The van der Waals surface area contributed by atoms with Gasteiger partial charge in [0.2, 0.25) is 5.91 Å². The number of hydrogen-bond acceptors (Lipinski definition) is 6. The summed E-state index contributed by atoms with van der Waals surface area (Å²) in [5, 5.41) is 12.3. The van der Waals surface area contributed by atoms with Gasteiger partial charge in [0.1, 0.15) is 5.75 Å². The van der Waals surface area contributed by atoms with Gasteiger partial charge in [0, 0.05) is 38.5 Å². The Morgan fingerprint density at radius 1 is 0.865 bits per heavy atom. The van der Waals surface area contributed by atoms with E-state index in [1.165, 1.54) is 11.1 Å². The molecule has 190 valence electrons. The third kappa shape index (κ3) is 6.03. The first-order chi connectivity index (χ1) is 18.2. The minimum Gasteiger partial charge on any atom is -0.494 e. The molecule has 8 heteroatoms. The quantitative estimate of drug-likeness (QED) is 0.350. The van der Waals surface area contributed by atoms with Crippen LogP contribution < -0.4 is 4.74 Å². The number of carbonyl (C=O) groups excluding carboxylic acids is 1. The summed E-state index contributed by atoms with van der Waals surface area (Å²) in [6, 6.07) is 28.4. The van der Waals surface area contributed by atoms with E-state index in [0.29, 0.717) is 32.7 Å². The molecule has 1 saturated heterocycles. The van der Waals surface area contributed by atoms with Crippen molar-refractivity contribution in [2.24, 2.45) is 0 Å². The van der Waals surface area contributed by atoms with E-state index in [1.54, 1.807) is 4.68 Å². The van der Waals surface area contributed by atoms with E-state index in [4.69, 9.17) is 4.74 Å². The molecule has 0 N–H and O–H groups in total. The molecule has 0 aliphatic carbocycles. The average molecular weight is 497 g/mol. The van der Waals surface area contributed by atoms with Crippen molar-refractivity contribution in [3.63, 3.8) is 0 Å². The molecule has 8 nitrogen and oxygen atoms in total. The van der Waals surface area contributed by atoms with Crippen LogP contribution in [0.15, 0.2) is 84.9 Å². The number of amides is 1. The fourth-order valence-electron chi connectivity index (χ4n) is 4.81. The zero-order chi connectivity index (χ0) is 25.5. The molecule has 1 aromatic heterocycles. The molecule has 37 heavy (non-hydrogen) atoms. The van der Waals surface area contributed by atoms with E-state index in [-0.39, 0.29) is 11.8 Å². The molecular formula is C29H32N6O2. The second-order valence-electron chi connectivity index (χ2n) is 9.17. The summed E-state index contributed by atoms with van der Waals surface area (Å²) in [5.41, 5.74) is 3.23. The van der Waals surface area contributed by atoms with Gasteiger partial charge in [0.15, 0.2) is 5.82 Å². The van der Waals surface area contributed by atoms with Gasteiger partial charge in [-0.05, 0) is 52.7 Å². The summed E-state index contributed by atoms with van der Waals surface area (Å²) in [6.45, 7) is 6.17. The predicted octanol–water partition coefficient (Wildman–Crippen LogP) is 3.93. The van der Waals surface area contributed by atoms with E-state index in [0.717, 1.165) is 30.4 Å². The maximum atomic E-state index is 13.4. The maximum absolute atomic E-state index is 13.4. The fraction of sp³-hybridized carbons (Fsp3) is 0.310. The van der Waals surface area contributed by atoms with E-state index < -0.39 is 0 Å². The van der Waals surface area contributed by atoms with Crippen molar-refractivity contribution in [2.45, 2.75) is 25.8 Å². The first-order valence-corrected chi connectivity index (χ1v) is 12.8. The van der Waals surface area contributed by atoms with E-state index >= 15 is 0 Å².